The van der Waals surface area contributed by atoms with Crippen LogP contribution < -0.4 is 16.8 Å². The van der Waals surface area contributed by atoms with E-state index in [1.54, 1.807) is 12.1 Å². The number of rotatable bonds is 3. The minimum atomic E-state index is -0.517. The number of benzene rings is 1. The highest BCUT2D eigenvalue weighted by Crippen LogP contribution is 2.30. The van der Waals surface area contributed by atoms with Crippen LogP contribution in [0.4, 0.5) is 11.4 Å². The van der Waals surface area contributed by atoms with Gasteiger partial charge in [-0.3, -0.25) is 4.79 Å². The molecule has 5 heteroatoms. The van der Waals surface area contributed by atoms with Crippen LogP contribution in [0, 0.1) is 0 Å². The molecule has 1 amide bonds. The van der Waals surface area contributed by atoms with Crippen LogP contribution in [0.5, 0.6) is 0 Å². The number of amides is 1. The molecule has 5 nitrogen and oxygen atoms in total. The van der Waals surface area contributed by atoms with Gasteiger partial charge in [-0.15, -0.1) is 0 Å². The van der Waals surface area contributed by atoms with Crippen LogP contribution in [0.25, 0.3) is 0 Å². The lowest BCUT2D eigenvalue weighted by Crippen LogP contribution is -2.41. The van der Waals surface area contributed by atoms with Gasteiger partial charge < -0.3 is 21.5 Å². The summed E-state index contributed by atoms with van der Waals surface area (Å²) >= 11 is 0. The summed E-state index contributed by atoms with van der Waals surface area (Å²) in [5, 5.41) is 3.40. The first-order valence-corrected chi connectivity index (χ1v) is 6.01. The molecule has 1 heterocycles. The van der Waals surface area contributed by atoms with E-state index in [0.717, 1.165) is 18.7 Å². The zero-order valence-electron chi connectivity index (χ0n) is 10.7. The Labute approximate surface area is 106 Å². The summed E-state index contributed by atoms with van der Waals surface area (Å²) in [4.78, 5) is 11.2. The molecular weight excluding hydrogens is 230 g/mol. The van der Waals surface area contributed by atoms with Gasteiger partial charge in [0.25, 0.3) is 5.91 Å². The second-order valence-corrected chi connectivity index (χ2v) is 4.97. The standard InChI is InChI=1S/C13H19N3O2/c1-8-13(2,5-6-18-8)16-9-3-4-11(14)10(7-9)12(15)17/h3-4,7-8,16H,5-6,14H2,1-2H3,(H2,15,17). The number of carbonyl (C=O) groups is 1. The van der Waals surface area contributed by atoms with E-state index in [1.807, 2.05) is 13.0 Å². The van der Waals surface area contributed by atoms with E-state index < -0.39 is 5.91 Å². The summed E-state index contributed by atoms with van der Waals surface area (Å²) in [5.74, 6) is -0.517. The molecule has 1 aromatic carbocycles. The second kappa shape index (κ2) is 4.49. The van der Waals surface area contributed by atoms with Crippen LogP contribution in [0.15, 0.2) is 18.2 Å². The van der Waals surface area contributed by atoms with Crippen LogP contribution in [0.2, 0.25) is 0 Å². The van der Waals surface area contributed by atoms with E-state index >= 15 is 0 Å². The maximum atomic E-state index is 11.2. The number of anilines is 2. The highest BCUT2D eigenvalue weighted by Gasteiger charge is 2.36. The van der Waals surface area contributed by atoms with Crippen molar-refractivity contribution in [3.05, 3.63) is 23.8 Å². The van der Waals surface area contributed by atoms with Gasteiger partial charge in [-0.1, -0.05) is 0 Å². The summed E-state index contributed by atoms with van der Waals surface area (Å²) < 4.78 is 5.56. The molecule has 2 atom stereocenters. The molecule has 1 aliphatic heterocycles. The molecule has 18 heavy (non-hydrogen) atoms. The molecule has 98 valence electrons. The first kappa shape index (κ1) is 12.7. The first-order valence-electron chi connectivity index (χ1n) is 6.01. The molecule has 1 saturated heterocycles. The fraction of sp³-hybridized carbons (Fsp3) is 0.462. The molecule has 0 bridgehead atoms. The van der Waals surface area contributed by atoms with Crippen molar-refractivity contribution in [3.63, 3.8) is 0 Å². The van der Waals surface area contributed by atoms with Crippen LogP contribution in [-0.2, 0) is 4.74 Å². The molecule has 0 radical (unpaired) electrons. The lowest BCUT2D eigenvalue weighted by molar-refractivity contribution is 0.100. The number of ether oxygens (including phenoxy) is 1. The van der Waals surface area contributed by atoms with Crippen molar-refractivity contribution in [1.82, 2.24) is 0 Å². The Morgan fingerprint density at radius 2 is 2.28 bits per heavy atom. The molecule has 0 aliphatic carbocycles. The Balaban J connectivity index is 2.25. The zero-order chi connectivity index (χ0) is 13.3. The fourth-order valence-corrected chi connectivity index (χ4v) is 2.18. The molecule has 5 N–H and O–H groups in total. The molecule has 2 unspecified atom stereocenters. The highest BCUT2D eigenvalue weighted by molar-refractivity contribution is 5.99. The number of carbonyl (C=O) groups excluding carboxylic acids is 1. The first-order chi connectivity index (χ1) is 8.42. The van der Waals surface area contributed by atoms with Crippen molar-refractivity contribution in [1.29, 1.82) is 0 Å². The van der Waals surface area contributed by atoms with Crippen LogP contribution in [0.1, 0.15) is 30.6 Å². The normalized spacial score (nSPS) is 27.1. The minimum Gasteiger partial charge on any atom is -0.398 e. The third kappa shape index (κ3) is 2.26. The summed E-state index contributed by atoms with van der Waals surface area (Å²) in [6.07, 6.45) is 1.04. The highest BCUT2D eigenvalue weighted by atomic mass is 16.5. The van der Waals surface area contributed by atoms with Crippen molar-refractivity contribution in [2.45, 2.75) is 31.9 Å². The zero-order valence-corrected chi connectivity index (χ0v) is 10.7. The Morgan fingerprint density at radius 1 is 1.56 bits per heavy atom. The summed E-state index contributed by atoms with van der Waals surface area (Å²) in [6, 6.07) is 5.22. The predicted molar refractivity (Wildman–Crippen MR) is 71.4 cm³/mol. The van der Waals surface area contributed by atoms with Gasteiger partial charge in [-0.05, 0) is 38.5 Å². The van der Waals surface area contributed by atoms with Crippen molar-refractivity contribution in [3.8, 4) is 0 Å². The van der Waals surface area contributed by atoms with Crippen molar-refractivity contribution < 1.29 is 9.53 Å². The average molecular weight is 249 g/mol. The molecular formula is C13H19N3O2. The number of nitrogens with two attached hydrogens (primary N) is 2. The van der Waals surface area contributed by atoms with E-state index in [1.165, 1.54) is 0 Å². The van der Waals surface area contributed by atoms with Crippen molar-refractivity contribution in [2.75, 3.05) is 17.7 Å². The number of hydrogen-bond acceptors (Lipinski definition) is 4. The Kier molecular flexibility index (Phi) is 3.17. The predicted octanol–water partition coefficient (Wildman–Crippen LogP) is 1.35. The Morgan fingerprint density at radius 3 is 2.83 bits per heavy atom. The molecule has 1 aliphatic rings. The largest absolute Gasteiger partial charge is 0.398 e. The van der Waals surface area contributed by atoms with Crippen LogP contribution in [0.3, 0.4) is 0 Å². The van der Waals surface area contributed by atoms with E-state index in [0.29, 0.717) is 11.3 Å². The molecule has 0 saturated carbocycles. The molecule has 2 rings (SSSR count). The maximum absolute atomic E-state index is 11.2. The van der Waals surface area contributed by atoms with E-state index in [9.17, 15) is 4.79 Å². The van der Waals surface area contributed by atoms with Gasteiger partial charge in [0.2, 0.25) is 0 Å². The van der Waals surface area contributed by atoms with Crippen molar-refractivity contribution in [2.24, 2.45) is 5.73 Å². The molecule has 0 aromatic heterocycles. The number of nitrogens with one attached hydrogen (secondary N) is 1. The van der Waals surface area contributed by atoms with Gasteiger partial charge in [0.1, 0.15) is 0 Å². The molecule has 1 aromatic rings. The monoisotopic (exact) mass is 249 g/mol. The summed E-state index contributed by atoms with van der Waals surface area (Å²) in [6.45, 7) is 4.87. The number of hydrogen-bond donors (Lipinski definition) is 3. The fourth-order valence-electron chi connectivity index (χ4n) is 2.18. The van der Waals surface area contributed by atoms with E-state index in [4.69, 9.17) is 16.2 Å². The van der Waals surface area contributed by atoms with Gasteiger partial charge in [0.05, 0.1) is 17.2 Å². The lowest BCUT2D eigenvalue weighted by Gasteiger charge is -2.30. The number of nitrogen functional groups attached to an aromatic ring is 1. The SMILES string of the molecule is CC1OCCC1(C)Nc1ccc(N)c(C(N)=O)c1. The Bertz CT molecular complexity index is 475. The quantitative estimate of drug-likeness (QED) is 0.705. The van der Waals surface area contributed by atoms with Crippen LogP contribution in [-0.4, -0.2) is 24.2 Å². The second-order valence-electron chi connectivity index (χ2n) is 4.97. The minimum absolute atomic E-state index is 0.118. The summed E-state index contributed by atoms with van der Waals surface area (Å²) in [7, 11) is 0. The van der Waals surface area contributed by atoms with Crippen molar-refractivity contribution >= 4 is 17.3 Å². The number of primary amides is 1. The third-order valence-corrected chi connectivity index (χ3v) is 3.64. The smallest absolute Gasteiger partial charge is 0.250 e. The summed E-state index contributed by atoms with van der Waals surface area (Å²) in [5.41, 5.74) is 12.4. The van der Waals surface area contributed by atoms with E-state index in [-0.39, 0.29) is 11.6 Å². The van der Waals surface area contributed by atoms with E-state index in [2.05, 4.69) is 12.2 Å². The topological polar surface area (TPSA) is 90.4 Å². The average Bonchev–Trinajstić information content (AvgIpc) is 2.62. The maximum Gasteiger partial charge on any atom is 0.250 e. The van der Waals surface area contributed by atoms with Gasteiger partial charge in [-0.2, -0.15) is 0 Å². The lowest BCUT2D eigenvalue weighted by atomic mass is 9.94. The third-order valence-electron chi connectivity index (χ3n) is 3.64. The molecule has 0 spiro atoms. The van der Waals surface area contributed by atoms with Gasteiger partial charge >= 0.3 is 0 Å². The Hall–Kier alpha value is -1.75. The van der Waals surface area contributed by atoms with Gasteiger partial charge in [0.15, 0.2) is 0 Å². The van der Waals surface area contributed by atoms with Crippen LogP contribution >= 0.6 is 0 Å². The molecule has 1 fully saturated rings. The van der Waals surface area contributed by atoms with Gasteiger partial charge in [0, 0.05) is 18.0 Å². The van der Waals surface area contributed by atoms with Gasteiger partial charge in [-0.25, -0.2) is 0 Å².